The molecule has 1 unspecified atom stereocenters. The third-order valence-corrected chi connectivity index (χ3v) is 5.73. The first-order valence-electron chi connectivity index (χ1n) is 8.94. The van der Waals surface area contributed by atoms with Gasteiger partial charge in [0, 0.05) is 24.5 Å². The molecule has 3 aromatic rings. The molecule has 2 aromatic carbocycles. The number of aryl methyl sites for hydroxylation is 1. The van der Waals surface area contributed by atoms with Gasteiger partial charge in [-0.1, -0.05) is 28.5 Å². The lowest BCUT2D eigenvalue weighted by Gasteiger charge is -2.23. The van der Waals surface area contributed by atoms with Crippen LogP contribution in [0.3, 0.4) is 0 Å². The molecule has 1 heterocycles. The van der Waals surface area contributed by atoms with Crippen LogP contribution in [0.5, 0.6) is 0 Å². The predicted octanol–water partition coefficient (Wildman–Crippen LogP) is 3.19. The molecule has 1 atom stereocenters. The Morgan fingerprint density at radius 3 is 2.55 bits per heavy atom. The van der Waals surface area contributed by atoms with Crippen LogP contribution in [0.1, 0.15) is 11.1 Å². The fourth-order valence-electron chi connectivity index (χ4n) is 2.88. The standard InChI is InChI=1S/C19H22N4O4S2/c1-13-10-15(23(6-8-24)7-9-25)3-5-16(13)21-22-19-20-17-4-2-14(12-29(26)27)11-18(17)28-19/h2-5,10-11,24-25H,6-9,12H2,1H3,(H,26,27)/p-1. The Balaban J connectivity index is 1.79. The summed E-state index contributed by atoms with van der Waals surface area (Å²) in [7, 11) is 0. The summed E-state index contributed by atoms with van der Waals surface area (Å²) in [5.41, 5.74) is 3.96. The van der Waals surface area contributed by atoms with Gasteiger partial charge in [-0.05, 0) is 48.4 Å². The van der Waals surface area contributed by atoms with E-state index in [4.69, 9.17) is 0 Å². The topological polar surface area (TPSA) is 121 Å². The molecule has 0 aliphatic heterocycles. The summed E-state index contributed by atoms with van der Waals surface area (Å²) in [5.74, 6) is -0.0280. The summed E-state index contributed by atoms with van der Waals surface area (Å²) in [6, 6.07) is 11.0. The average molecular weight is 434 g/mol. The van der Waals surface area contributed by atoms with Crippen LogP contribution in [-0.2, 0) is 16.8 Å². The molecule has 0 aliphatic carbocycles. The van der Waals surface area contributed by atoms with Crippen molar-refractivity contribution in [3.8, 4) is 0 Å². The van der Waals surface area contributed by atoms with E-state index < -0.39 is 11.1 Å². The van der Waals surface area contributed by atoms with Crippen molar-refractivity contribution in [3.63, 3.8) is 0 Å². The van der Waals surface area contributed by atoms with Gasteiger partial charge in [0.15, 0.2) is 0 Å². The zero-order chi connectivity index (χ0) is 20.8. The van der Waals surface area contributed by atoms with Gasteiger partial charge in [-0.15, -0.1) is 10.2 Å². The van der Waals surface area contributed by atoms with Gasteiger partial charge in [-0.3, -0.25) is 4.21 Å². The highest BCUT2D eigenvalue weighted by Crippen LogP contribution is 2.31. The Hall–Kier alpha value is -2.24. The number of azo groups is 1. The van der Waals surface area contributed by atoms with E-state index in [0.717, 1.165) is 21.5 Å². The number of nitrogens with zero attached hydrogens (tertiary/aromatic N) is 4. The van der Waals surface area contributed by atoms with Gasteiger partial charge in [-0.25, -0.2) is 4.98 Å². The predicted molar refractivity (Wildman–Crippen MR) is 114 cm³/mol. The van der Waals surface area contributed by atoms with Crippen LogP contribution in [0, 0.1) is 6.92 Å². The number of aromatic nitrogens is 1. The molecule has 2 N–H and O–H groups in total. The van der Waals surface area contributed by atoms with Gasteiger partial charge in [0.2, 0.25) is 5.13 Å². The maximum Gasteiger partial charge on any atom is 0.231 e. The second-order valence-corrected chi connectivity index (χ2v) is 8.26. The van der Waals surface area contributed by atoms with E-state index in [9.17, 15) is 19.0 Å². The highest BCUT2D eigenvalue weighted by atomic mass is 32.2. The monoisotopic (exact) mass is 433 g/mol. The Morgan fingerprint density at radius 2 is 1.90 bits per heavy atom. The Bertz CT molecular complexity index is 1030. The van der Waals surface area contributed by atoms with E-state index in [-0.39, 0.29) is 19.0 Å². The molecule has 1 aromatic heterocycles. The fourth-order valence-corrected chi connectivity index (χ4v) is 4.18. The molecule has 154 valence electrons. The van der Waals surface area contributed by atoms with Crippen LogP contribution < -0.4 is 4.90 Å². The van der Waals surface area contributed by atoms with Crippen LogP contribution in [0.15, 0.2) is 46.6 Å². The molecule has 0 radical (unpaired) electrons. The molecular formula is C19H21N4O4S2-. The third-order valence-electron chi connectivity index (χ3n) is 4.25. The van der Waals surface area contributed by atoms with Crippen molar-refractivity contribution < 1.29 is 19.0 Å². The number of thiazole rings is 1. The molecule has 0 saturated carbocycles. The van der Waals surface area contributed by atoms with Crippen molar-refractivity contribution in [3.05, 3.63) is 47.5 Å². The molecule has 0 spiro atoms. The SMILES string of the molecule is Cc1cc(N(CCO)CCO)ccc1N=Nc1nc2ccc(CS(=O)[O-])cc2s1. The Morgan fingerprint density at radius 1 is 1.14 bits per heavy atom. The molecule has 3 rings (SSSR count). The molecule has 0 saturated heterocycles. The fraction of sp³-hybridized carbons (Fsp3) is 0.316. The number of aliphatic hydroxyl groups is 2. The smallest absolute Gasteiger partial charge is 0.231 e. The summed E-state index contributed by atoms with van der Waals surface area (Å²) in [6.45, 7) is 2.81. The molecule has 0 fully saturated rings. The van der Waals surface area contributed by atoms with E-state index >= 15 is 0 Å². The van der Waals surface area contributed by atoms with Crippen molar-refractivity contribution in [1.29, 1.82) is 0 Å². The number of hydrogen-bond donors (Lipinski definition) is 2. The summed E-state index contributed by atoms with van der Waals surface area (Å²) in [5, 5.41) is 27.4. The minimum Gasteiger partial charge on any atom is -0.772 e. The number of hydrogen-bond acceptors (Lipinski definition) is 9. The van der Waals surface area contributed by atoms with E-state index in [2.05, 4.69) is 15.2 Å². The van der Waals surface area contributed by atoms with Crippen LogP contribution >= 0.6 is 11.3 Å². The molecule has 10 heteroatoms. The number of fused-ring (bicyclic) bond motifs is 1. The summed E-state index contributed by atoms with van der Waals surface area (Å²) in [4.78, 5) is 6.31. The van der Waals surface area contributed by atoms with Crippen molar-refractivity contribution >= 4 is 49.1 Å². The van der Waals surface area contributed by atoms with Crippen molar-refractivity contribution in [2.45, 2.75) is 12.7 Å². The van der Waals surface area contributed by atoms with Crippen LogP contribution in [-0.4, -0.2) is 50.3 Å². The van der Waals surface area contributed by atoms with Gasteiger partial charge in [0.1, 0.15) is 0 Å². The molecule has 8 nitrogen and oxygen atoms in total. The summed E-state index contributed by atoms with van der Waals surface area (Å²) in [6.07, 6.45) is 0. The van der Waals surface area contributed by atoms with Crippen LogP contribution in [0.2, 0.25) is 0 Å². The zero-order valence-corrected chi connectivity index (χ0v) is 17.4. The van der Waals surface area contributed by atoms with E-state index in [1.807, 2.05) is 30.0 Å². The summed E-state index contributed by atoms with van der Waals surface area (Å²) < 4.78 is 22.6. The minimum absolute atomic E-state index is 0.00452. The highest BCUT2D eigenvalue weighted by molar-refractivity contribution is 7.78. The number of rotatable bonds is 9. The minimum atomic E-state index is -2.13. The number of aliphatic hydroxyl groups excluding tert-OH is 2. The van der Waals surface area contributed by atoms with Gasteiger partial charge in [0.25, 0.3) is 0 Å². The quantitative estimate of drug-likeness (QED) is 0.395. The zero-order valence-electron chi connectivity index (χ0n) is 15.8. The lowest BCUT2D eigenvalue weighted by atomic mass is 10.1. The number of benzene rings is 2. The van der Waals surface area contributed by atoms with Crippen molar-refractivity contribution in [1.82, 2.24) is 4.98 Å². The van der Waals surface area contributed by atoms with Crippen molar-refractivity contribution in [2.24, 2.45) is 10.2 Å². The molecule has 0 aliphatic rings. The van der Waals surface area contributed by atoms with Gasteiger partial charge >= 0.3 is 0 Å². The first kappa shape index (κ1) is 21.5. The largest absolute Gasteiger partial charge is 0.772 e. The Kier molecular flexibility index (Phi) is 7.40. The normalized spacial score (nSPS) is 12.7. The third kappa shape index (κ3) is 5.64. The first-order chi connectivity index (χ1) is 14.0. The van der Waals surface area contributed by atoms with Gasteiger partial charge in [-0.2, -0.15) is 0 Å². The lowest BCUT2D eigenvalue weighted by Crippen LogP contribution is -2.29. The summed E-state index contributed by atoms with van der Waals surface area (Å²) >= 11 is -0.782. The van der Waals surface area contributed by atoms with E-state index in [1.54, 1.807) is 18.2 Å². The van der Waals surface area contributed by atoms with E-state index in [0.29, 0.717) is 29.5 Å². The Labute approximate surface area is 174 Å². The van der Waals surface area contributed by atoms with Gasteiger partial charge < -0.3 is 19.7 Å². The second kappa shape index (κ2) is 9.99. The average Bonchev–Trinajstić information content (AvgIpc) is 3.08. The molecular weight excluding hydrogens is 412 g/mol. The molecule has 0 amide bonds. The number of anilines is 1. The highest BCUT2D eigenvalue weighted by Gasteiger charge is 2.08. The van der Waals surface area contributed by atoms with Crippen molar-refractivity contribution in [2.75, 3.05) is 31.2 Å². The molecule has 29 heavy (non-hydrogen) atoms. The lowest BCUT2D eigenvalue weighted by molar-refractivity contribution is 0.281. The van der Waals surface area contributed by atoms with Crippen LogP contribution in [0.25, 0.3) is 10.2 Å². The molecule has 0 bridgehead atoms. The second-order valence-electron chi connectivity index (χ2n) is 6.35. The maximum atomic E-state index is 10.9. The first-order valence-corrected chi connectivity index (χ1v) is 11.0. The van der Waals surface area contributed by atoms with Crippen LogP contribution in [0.4, 0.5) is 16.5 Å². The van der Waals surface area contributed by atoms with E-state index in [1.165, 1.54) is 11.3 Å². The van der Waals surface area contributed by atoms with Gasteiger partial charge in [0.05, 0.1) is 29.1 Å². The maximum absolute atomic E-state index is 10.9.